The number of rotatable bonds is 2. The lowest BCUT2D eigenvalue weighted by Gasteiger charge is -2.26. The van der Waals surface area contributed by atoms with Gasteiger partial charge >= 0.3 is 0 Å². The molecule has 0 amide bonds. The minimum absolute atomic E-state index is 0.0534. The van der Waals surface area contributed by atoms with E-state index in [4.69, 9.17) is 20.5 Å². The van der Waals surface area contributed by atoms with Crippen molar-refractivity contribution in [2.45, 2.75) is 6.10 Å². The van der Waals surface area contributed by atoms with E-state index in [0.29, 0.717) is 24.8 Å². The molecule has 72 valence electrons. The first-order valence-corrected chi connectivity index (χ1v) is 4.20. The highest BCUT2D eigenvalue weighted by atomic mass is 16.6. The fourth-order valence-corrected chi connectivity index (χ4v) is 1.06. The van der Waals surface area contributed by atoms with Crippen LogP contribution in [-0.2, 0) is 4.74 Å². The zero-order valence-electron chi connectivity index (χ0n) is 7.43. The summed E-state index contributed by atoms with van der Waals surface area (Å²) < 4.78 is 10.3. The summed E-state index contributed by atoms with van der Waals surface area (Å²) in [4.78, 5) is 3.95. The summed E-state index contributed by atoms with van der Waals surface area (Å²) in [7, 11) is 0. The Balaban J connectivity index is 2.14. The Morgan fingerprint density at radius 1 is 1.57 bits per heavy atom. The van der Waals surface area contributed by atoms with Crippen LogP contribution in [0.4, 0.5) is 5.69 Å². The maximum Gasteiger partial charge on any atom is 0.215 e. The molecule has 1 aromatic heterocycles. The standard InChI is InChI=1S/C9H9N3O2/c10-3-8-7(11)1-2-9(12-8)14-6-4-13-5-6/h1-2,6H,4-5,11H2. The maximum absolute atomic E-state index is 8.68. The summed E-state index contributed by atoms with van der Waals surface area (Å²) in [5, 5.41) is 8.68. The Labute approximate surface area is 81.1 Å². The molecule has 1 saturated heterocycles. The first kappa shape index (κ1) is 8.78. The summed E-state index contributed by atoms with van der Waals surface area (Å²) in [5.74, 6) is 0.420. The van der Waals surface area contributed by atoms with Crippen LogP contribution in [0.5, 0.6) is 5.88 Å². The Morgan fingerprint density at radius 2 is 2.36 bits per heavy atom. The van der Waals surface area contributed by atoms with Crippen LogP contribution in [0.3, 0.4) is 0 Å². The van der Waals surface area contributed by atoms with Gasteiger partial charge in [-0.25, -0.2) is 4.98 Å². The first-order chi connectivity index (χ1) is 6.79. The lowest BCUT2D eigenvalue weighted by Crippen LogP contribution is -2.38. The fourth-order valence-electron chi connectivity index (χ4n) is 1.06. The van der Waals surface area contributed by atoms with Gasteiger partial charge in [-0.1, -0.05) is 0 Å². The van der Waals surface area contributed by atoms with E-state index in [1.54, 1.807) is 12.1 Å². The van der Waals surface area contributed by atoms with Gasteiger partial charge in [0, 0.05) is 6.07 Å². The van der Waals surface area contributed by atoms with Gasteiger partial charge in [-0.05, 0) is 6.07 Å². The molecule has 5 heteroatoms. The second-order valence-electron chi connectivity index (χ2n) is 2.98. The minimum Gasteiger partial charge on any atom is -0.469 e. The third-order valence-corrected chi connectivity index (χ3v) is 1.90. The predicted molar refractivity (Wildman–Crippen MR) is 48.6 cm³/mol. The lowest BCUT2D eigenvalue weighted by molar-refractivity contribution is -0.0813. The van der Waals surface area contributed by atoms with Gasteiger partial charge in [0.25, 0.3) is 0 Å². The zero-order chi connectivity index (χ0) is 9.97. The highest BCUT2D eigenvalue weighted by Gasteiger charge is 2.20. The van der Waals surface area contributed by atoms with Gasteiger partial charge < -0.3 is 15.2 Å². The van der Waals surface area contributed by atoms with Gasteiger partial charge in [-0.3, -0.25) is 0 Å². The number of pyridine rings is 1. The molecule has 1 aliphatic rings. The van der Waals surface area contributed by atoms with Gasteiger partial charge in [-0.2, -0.15) is 5.26 Å². The number of nitrogen functional groups attached to an aromatic ring is 1. The van der Waals surface area contributed by atoms with E-state index < -0.39 is 0 Å². The molecule has 2 heterocycles. The van der Waals surface area contributed by atoms with E-state index >= 15 is 0 Å². The van der Waals surface area contributed by atoms with E-state index in [9.17, 15) is 0 Å². The number of nitriles is 1. The van der Waals surface area contributed by atoms with Crippen molar-refractivity contribution in [3.63, 3.8) is 0 Å². The molecule has 1 aliphatic heterocycles. The van der Waals surface area contributed by atoms with Gasteiger partial charge in [0.05, 0.1) is 18.9 Å². The summed E-state index contributed by atoms with van der Waals surface area (Å²) in [6.07, 6.45) is 0.0534. The van der Waals surface area contributed by atoms with E-state index in [-0.39, 0.29) is 11.8 Å². The third-order valence-electron chi connectivity index (χ3n) is 1.90. The molecule has 0 radical (unpaired) electrons. The van der Waals surface area contributed by atoms with Crippen LogP contribution in [0.1, 0.15) is 5.69 Å². The van der Waals surface area contributed by atoms with Crippen LogP contribution < -0.4 is 10.5 Å². The number of nitrogens with zero attached hydrogens (tertiary/aromatic N) is 2. The average molecular weight is 191 g/mol. The molecule has 0 atom stereocenters. The van der Waals surface area contributed by atoms with E-state index in [0.717, 1.165) is 0 Å². The molecule has 5 nitrogen and oxygen atoms in total. The number of anilines is 1. The Hall–Kier alpha value is -1.80. The summed E-state index contributed by atoms with van der Waals surface area (Å²) in [6.45, 7) is 1.15. The molecule has 0 saturated carbocycles. The van der Waals surface area contributed by atoms with Crippen LogP contribution in [0.25, 0.3) is 0 Å². The van der Waals surface area contributed by atoms with Crippen LogP contribution in [0.15, 0.2) is 12.1 Å². The van der Waals surface area contributed by atoms with Gasteiger partial charge in [0.15, 0.2) is 5.69 Å². The van der Waals surface area contributed by atoms with Crippen molar-refractivity contribution in [3.05, 3.63) is 17.8 Å². The average Bonchev–Trinajstić information content (AvgIpc) is 2.14. The normalized spacial score (nSPS) is 15.6. The van der Waals surface area contributed by atoms with E-state index in [1.807, 2.05) is 6.07 Å². The smallest absolute Gasteiger partial charge is 0.215 e. The molecule has 0 unspecified atom stereocenters. The van der Waals surface area contributed by atoms with Crippen molar-refractivity contribution in [2.24, 2.45) is 0 Å². The Morgan fingerprint density at radius 3 is 2.93 bits per heavy atom. The van der Waals surface area contributed by atoms with Crippen molar-refractivity contribution in [1.82, 2.24) is 4.98 Å². The Kier molecular flexibility index (Phi) is 2.21. The predicted octanol–water partition coefficient (Wildman–Crippen LogP) is 0.313. The number of hydrogen-bond acceptors (Lipinski definition) is 5. The van der Waals surface area contributed by atoms with Crippen LogP contribution >= 0.6 is 0 Å². The van der Waals surface area contributed by atoms with Crippen molar-refractivity contribution in [1.29, 1.82) is 5.26 Å². The number of hydrogen-bond donors (Lipinski definition) is 1. The third kappa shape index (κ3) is 1.60. The molecule has 2 rings (SSSR count). The second-order valence-corrected chi connectivity index (χ2v) is 2.98. The van der Waals surface area contributed by atoms with Crippen molar-refractivity contribution < 1.29 is 9.47 Å². The molecule has 0 spiro atoms. The highest BCUT2D eigenvalue weighted by molar-refractivity contribution is 5.50. The van der Waals surface area contributed by atoms with Crippen LogP contribution in [-0.4, -0.2) is 24.3 Å². The van der Waals surface area contributed by atoms with Crippen molar-refractivity contribution >= 4 is 5.69 Å². The first-order valence-electron chi connectivity index (χ1n) is 4.20. The molecule has 0 bridgehead atoms. The van der Waals surface area contributed by atoms with Gasteiger partial charge in [0.2, 0.25) is 5.88 Å². The summed E-state index contributed by atoms with van der Waals surface area (Å²) >= 11 is 0. The molecule has 1 aromatic rings. The molecule has 14 heavy (non-hydrogen) atoms. The van der Waals surface area contributed by atoms with Crippen LogP contribution in [0.2, 0.25) is 0 Å². The lowest BCUT2D eigenvalue weighted by atomic mass is 10.3. The SMILES string of the molecule is N#Cc1nc(OC2COC2)ccc1N. The largest absolute Gasteiger partial charge is 0.469 e. The second kappa shape index (κ2) is 3.52. The van der Waals surface area contributed by atoms with Crippen LogP contribution in [0, 0.1) is 11.3 Å². The van der Waals surface area contributed by atoms with E-state index in [1.165, 1.54) is 0 Å². The van der Waals surface area contributed by atoms with E-state index in [2.05, 4.69) is 4.98 Å². The maximum atomic E-state index is 8.68. The molecule has 1 fully saturated rings. The summed E-state index contributed by atoms with van der Waals surface area (Å²) in [6, 6.07) is 5.16. The molecule has 2 N–H and O–H groups in total. The number of aromatic nitrogens is 1. The van der Waals surface area contributed by atoms with Gasteiger partial charge in [-0.15, -0.1) is 0 Å². The molecular weight excluding hydrogens is 182 g/mol. The molecule has 0 aromatic carbocycles. The zero-order valence-corrected chi connectivity index (χ0v) is 7.43. The molecule has 0 aliphatic carbocycles. The summed E-state index contributed by atoms with van der Waals surface area (Å²) in [5.41, 5.74) is 6.07. The number of ether oxygens (including phenoxy) is 2. The fraction of sp³-hybridized carbons (Fsp3) is 0.333. The monoisotopic (exact) mass is 191 g/mol. The van der Waals surface area contributed by atoms with Crippen molar-refractivity contribution in [3.8, 4) is 11.9 Å². The van der Waals surface area contributed by atoms with Gasteiger partial charge in [0.1, 0.15) is 12.2 Å². The minimum atomic E-state index is 0.0534. The topological polar surface area (TPSA) is 81.2 Å². The van der Waals surface area contributed by atoms with Crippen molar-refractivity contribution in [2.75, 3.05) is 18.9 Å². The quantitative estimate of drug-likeness (QED) is 0.727. The Bertz CT molecular complexity index is 382. The number of nitrogens with two attached hydrogens (primary N) is 1. The molecular formula is C9H9N3O2. The highest BCUT2D eigenvalue weighted by Crippen LogP contribution is 2.17.